The Labute approximate surface area is 204 Å². The number of carbonyl (C=O) groups excluding carboxylic acids is 1. The van der Waals surface area contributed by atoms with E-state index in [1.54, 1.807) is 17.0 Å². The summed E-state index contributed by atoms with van der Waals surface area (Å²) in [4.78, 5) is 25.4. The van der Waals surface area contributed by atoms with Gasteiger partial charge in [0, 0.05) is 11.4 Å². The van der Waals surface area contributed by atoms with E-state index in [1.165, 1.54) is 0 Å². The molecule has 2 atom stereocenters. The van der Waals surface area contributed by atoms with Crippen molar-refractivity contribution in [3.63, 3.8) is 0 Å². The first kappa shape index (κ1) is 22.8. The minimum Gasteiger partial charge on any atom is -0.449 e. The molecule has 7 heteroatoms. The molecule has 2 N–H and O–H groups in total. The van der Waals surface area contributed by atoms with E-state index >= 15 is 0 Å². The van der Waals surface area contributed by atoms with Gasteiger partial charge in [0.25, 0.3) is 0 Å². The van der Waals surface area contributed by atoms with Crippen LogP contribution in [0.4, 0.5) is 21.0 Å². The molecule has 2 aliphatic rings. The Kier molecular flexibility index (Phi) is 5.84. The van der Waals surface area contributed by atoms with Crippen molar-refractivity contribution in [1.82, 2.24) is 0 Å². The standard InChI is InChI=1S/C28H28N2O5/c1-28(2)16-20-15-23(35-27(32)33)11-12-24(20)29-25(28)19-9-6-10-21(14-19)30-22(17-34-26(30)31)13-18-7-4-3-5-8-18/h3-12,14-15,22,25,29H,13,16-17H2,1-2H3,(H,32,33)/t22-,25?/m0/s1. The molecular weight excluding hydrogens is 444 g/mol. The van der Waals surface area contributed by atoms with E-state index in [-0.39, 0.29) is 23.6 Å². The largest absolute Gasteiger partial charge is 0.511 e. The average Bonchev–Trinajstić information content (AvgIpc) is 3.18. The van der Waals surface area contributed by atoms with Crippen molar-refractivity contribution in [1.29, 1.82) is 0 Å². The number of nitrogens with one attached hydrogen (secondary N) is 1. The topological polar surface area (TPSA) is 88.1 Å². The summed E-state index contributed by atoms with van der Waals surface area (Å²) in [6.45, 7) is 4.71. The molecule has 1 amide bonds. The molecule has 0 saturated carbocycles. The number of hydrogen-bond acceptors (Lipinski definition) is 5. The van der Waals surface area contributed by atoms with Crippen LogP contribution in [0.1, 0.15) is 36.6 Å². The van der Waals surface area contributed by atoms with Crippen molar-refractivity contribution in [2.75, 3.05) is 16.8 Å². The van der Waals surface area contributed by atoms with Gasteiger partial charge in [-0.1, -0.05) is 56.3 Å². The van der Waals surface area contributed by atoms with Crippen LogP contribution in [0, 0.1) is 5.41 Å². The first-order chi connectivity index (χ1) is 16.8. The number of benzene rings is 3. The van der Waals surface area contributed by atoms with Gasteiger partial charge in [0.15, 0.2) is 0 Å². The third-order valence-electron chi connectivity index (χ3n) is 6.77. The molecule has 35 heavy (non-hydrogen) atoms. The fraction of sp³-hybridized carbons (Fsp3) is 0.286. The predicted molar refractivity (Wildman–Crippen MR) is 133 cm³/mol. The van der Waals surface area contributed by atoms with Crippen molar-refractivity contribution in [3.05, 3.63) is 89.5 Å². The van der Waals surface area contributed by atoms with Gasteiger partial charge in [-0.3, -0.25) is 4.90 Å². The molecule has 7 nitrogen and oxygen atoms in total. The number of anilines is 2. The minimum absolute atomic E-state index is 0.00705. The number of rotatable bonds is 5. The molecule has 0 spiro atoms. The van der Waals surface area contributed by atoms with Crippen LogP contribution in [0.3, 0.4) is 0 Å². The highest BCUT2D eigenvalue weighted by Crippen LogP contribution is 2.46. The van der Waals surface area contributed by atoms with E-state index in [2.05, 4.69) is 43.4 Å². The highest BCUT2D eigenvalue weighted by molar-refractivity contribution is 5.90. The second kappa shape index (κ2) is 8.98. The fourth-order valence-electron chi connectivity index (χ4n) is 5.17. The average molecular weight is 473 g/mol. The van der Waals surface area contributed by atoms with Crippen molar-refractivity contribution in [2.45, 2.75) is 38.8 Å². The summed E-state index contributed by atoms with van der Waals surface area (Å²) in [5.74, 6) is 0.311. The first-order valence-electron chi connectivity index (χ1n) is 11.7. The summed E-state index contributed by atoms with van der Waals surface area (Å²) < 4.78 is 10.3. The van der Waals surface area contributed by atoms with Crippen molar-refractivity contribution in [3.8, 4) is 5.75 Å². The van der Waals surface area contributed by atoms with Crippen molar-refractivity contribution < 1.29 is 24.2 Å². The number of ether oxygens (including phenoxy) is 2. The van der Waals surface area contributed by atoms with E-state index in [0.29, 0.717) is 12.4 Å². The maximum Gasteiger partial charge on any atom is 0.511 e. The lowest BCUT2D eigenvalue weighted by molar-refractivity contribution is 0.144. The second-order valence-corrected chi connectivity index (χ2v) is 9.82. The summed E-state index contributed by atoms with van der Waals surface area (Å²) in [5, 5.41) is 12.6. The third kappa shape index (κ3) is 4.67. The van der Waals surface area contributed by atoms with Gasteiger partial charge >= 0.3 is 12.2 Å². The number of amides is 1. The van der Waals surface area contributed by atoms with Gasteiger partial charge in [-0.15, -0.1) is 0 Å². The molecule has 3 aromatic carbocycles. The molecule has 0 radical (unpaired) electrons. The molecule has 0 bridgehead atoms. The van der Waals surface area contributed by atoms with Crippen LogP contribution < -0.4 is 15.0 Å². The molecule has 3 aromatic rings. The number of nitrogens with zero attached hydrogens (tertiary/aromatic N) is 1. The van der Waals surface area contributed by atoms with Crippen LogP contribution in [0.25, 0.3) is 0 Å². The summed E-state index contributed by atoms with van der Waals surface area (Å²) in [5.41, 5.74) is 4.83. The number of carboxylic acid groups (broad SMARTS) is 1. The van der Waals surface area contributed by atoms with Crippen LogP contribution in [0.15, 0.2) is 72.8 Å². The Morgan fingerprint density at radius 2 is 1.91 bits per heavy atom. The van der Waals surface area contributed by atoms with E-state index < -0.39 is 6.16 Å². The Hall–Kier alpha value is -4.00. The highest BCUT2D eigenvalue weighted by Gasteiger charge is 2.38. The quantitative estimate of drug-likeness (QED) is 0.347. The minimum atomic E-state index is -1.33. The van der Waals surface area contributed by atoms with E-state index in [0.717, 1.165) is 40.9 Å². The highest BCUT2D eigenvalue weighted by atomic mass is 16.7. The molecular formula is C28H28N2O5. The molecule has 0 aliphatic carbocycles. The van der Waals surface area contributed by atoms with Crippen LogP contribution in [-0.2, 0) is 17.6 Å². The Bertz CT molecular complexity index is 1260. The van der Waals surface area contributed by atoms with Crippen molar-refractivity contribution >= 4 is 23.6 Å². The van der Waals surface area contributed by atoms with Crippen molar-refractivity contribution in [2.24, 2.45) is 5.41 Å². The summed E-state index contributed by atoms with van der Waals surface area (Å²) in [6.07, 6.45) is -0.189. The van der Waals surface area contributed by atoms with Gasteiger partial charge in [-0.25, -0.2) is 9.59 Å². The molecule has 180 valence electrons. The lowest BCUT2D eigenvalue weighted by Gasteiger charge is -2.41. The molecule has 5 rings (SSSR count). The Morgan fingerprint density at radius 1 is 1.11 bits per heavy atom. The molecule has 1 fully saturated rings. The number of cyclic esters (lactones) is 1. The van der Waals surface area contributed by atoms with Crippen LogP contribution in [0.2, 0.25) is 0 Å². The maximum absolute atomic E-state index is 12.7. The maximum atomic E-state index is 12.7. The van der Waals surface area contributed by atoms with Gasteiger partial charge in [-0.2, -0.15) is 0 Å². The van der Waals surface area contributed by atoms with E-state index in [1.807, 2.05) is 36.4 Å². The predicted octanol–water partition coefficient (Wildman–Crippen LogP) is 6.05. The number of carbonyl (C=O) groups is 2. The monoisotopic (exact) mass is 472 g/mol. The molecule has 1 saturated heterocycles. The number of hydrogen-bond donors (Lipinski definition) is 2. The summed E-state index contributed by atoms with van der Waals surface area (Å²) >= 11 is 0. The fourth-order valence-corrected chi connectivity index (χ4v) is 5.17. The molecule has 2 aliphatic heterocycles. The van der Waals surface area contributed by atoms with E-state index in [9.17, 15) is 9.59 Å². The Balaban J connectivity index is 1.42. The lowest BCUT2D eigenvalue weighted by Crippen LogP contribution is -2.36. The van der Waals surface area contributed by atoms with Gasteiger partial charge in [0.05, 0.1) is 12.1 Å². The second-order valence-electron chi connectivity index (χ2n) is 9.82. The molecule has 1 unspecified atom stereocenters. The lowest BCUT2D eigenvalue weighted by atomic mass is 9.73. The van der Waals surface area contributed by atoms with Crippen LogP contribution in [-0.4, -0.2) is 30.0 Å². The van der Waals surface area contributed by atoms with Gasteiger partial charge in [-0.05, 0) is 65.3 Å². The first-order valence-corrected chi connectivity index (χ1v) is 11.7. The smallest absolute Gasteiger partial charge is 0.449 e. The number of fused-ring (bicyclic) bond motifs is 1. The van der Waals surface area contributed by atoms with E-state index in [4.69, 9.17) is 14.6 Å². The zero-order valence-electron chi connectivity index (χ0n) is 19.7. The van der Waals surface area contributed by atoms with Crippen LogP contribution in [0.5, 0.6) is 5.75 Å². The van der Waals surface area contributed by atoms with Gasteiger partial charge < -0.3 is 19.9 Å². The SMILES string of the molecule is CC1(C)Cc2cc(OC(=O)O)ccc2NC1c1cccc(N2C(=O)OC[C@@H]2Cc2ccccc2)c1. The van der Waals surface area contributed by atoms with Gasteiger partial charge in [0.2, 0.25) is 0 Å². The summed E-state index contributed by atoms with van der Waals surface area (Å²) in [7, 11) is 0. The summed E-state index contributed by atoms with van der Waals surface area (Å²) in [6, 6.07) is 23.4. The zero-order chi connectivity index (χ0) is 24.6. The van der Waals surface area contributed by atoms with Gasteiger partial charge in [0.1, 0.15) is 12.4 Å². The zero-order valence-corrected chi connectivity index (χ0v) is 19.7. The molecule has 2 heterocycles. The third-order valence-corrected chi connectivity index (χ3v) is 6.77. The normalized spacial score (nSPS) is 20.5. The van der Waals surface area contributed by atoms with Crippen LogP contribution >= 0.6 is 0 Å². The Morgan fingerprint density at radius 3 is 2.69 bits per heavy atom. The molecule has 0 aromatic heterocycles.